The Hall–Kier alpha value is -0.340. The summed E-state index contributed by atoms with van der Waals surface area (Å²) < 4.78 is 5.89. The molecule has 2 nitrogen and oxygen atoms in total. The predicted octanol–water partition coefficient (Wildman–Crippen LogP) is 3.87. The maximum absolute atomic E-state index is 5.89. The summed E-state index contributed by atoms with van der Waals surface area (Å²) in [6.07, 6.45) is 6.71. The minimum atomic E-state index is 0.527. The van der Waals surface area contributed by atoms with Crippen LogP contribution in [0.1, 0.15) is 52.9 Å². The van der Waals surface area contributed by atoms with Gasteiger partial charge in [0.2, 0.25) is 0 Å². The van der Waals surface area contributed by atoms with Crippen LogP contribution in [0.15, 0.2) is 13.2 Å². The molecule has 0 amide bonds. The van der Waals surface area contributed by atoms with E-state index in [1.54, 1.807) is 0 Å². The molecule has 0 aromatic carbocycles. The van der Waals surface area contributed by atoms with E-state index >= 15 is 0 Å². The van der Waals surface area contributed by atoms with Gasteiger partial charge in [-0.15, -0.1) is 13.2 Å². The molecule has 0 saturated carbocycles. The third-order valence-corrected chi connectivity index (χ3v) is 3.33. The molecule has 102 valence electrons. The molecule has 0 aromatic rings. The highest BCUT2D eigenvalue weighted by Gasteiger charge is 2.24. The Bertz CT molecular complexity index is 172. The smallest absolute Gasteiger partial charge is 0.0602 e. The highest BCUT2D eigenvalue weighted by Crippen LogP contribution is 2.20. The first kappa shape index (κ1) is 16.7. The first-order valence-corrected chi connectivity index (χ1v) is 7.13. The molecule has 0 spiro atoms. The molecular weight excluding hydrogens is 210 g/mol. The fourth-order valence-electron chi connectivity index (χ4n) is 2.34. The van der Waals surface area contributed by atoms with Crippen molar-refractivity contribution in [1.82, 2.24) is 4.90 Å². The van der Waals surface area contributed by atoms with Gasteiger partial charge in [0.25, 0.3) is 0 Å². The van der Waals surface area contributed by atoms with Gasteiger partial charge in [-0.3, -0.25) is 0 Å². The average Bonchev–Trinajstić information content (AvgIpc) is 2.36. The van der Waals surface area contributed by atoms with Crippen molar-refractivity contribution in [3.8, 4) is 0 Å². The summed E-state index contributed by atoms with van der Waals surface area (Å²) in [6, 6.07) is 0.713. The number of rotatable bonds is 6. The molecule has 0 N–H and O–H groups in total. The Kier molecular flexibility index (Phi) is 10.6. The van der Waals surface area contributed by atoms with Crippen molar-refractivity contribution < 1.29 is 4.74 Å². The fraction of sp³-hybridized carbons (Fsp3) is 0.867. The van der Waals surface area contributed by atoms with Gasteiger partial charge in [0.1, 0.15) is 0 Å². The molecule has 1 heterocycles. The highest BCUT2D eigenvalue weighted by molar-refractivity contribution is 4.79. The normalized spacial score (nSPS) is 25.1. The van der Waals surface area contributed by atoms with Gasteiger partial charge in [0.05, 0.1) is 6.10 Å². The SMILES string of the molecule is C=C.CCCCOC1CCN(CCC)[C@@H](C)C1. The summed E-state index contributed by atoms with van der Waals surface area (Å²) >= 11 is 0. The number of ether oxygens (including phenoxy) is 1. The molecule has 17 heavy (non-hydrogen) atoms. The topological polar surface area (TPSA) is 12.5 Å². The summed E-state index contributed by atoms with van der Waals surface area (Å²) in [5.41, 5.74) is 0. The van der Waals surface area contributed by atoms with Crippen LogP contribution in [0, 0.1) is 0 Å². The van der Waals surface area contributed by atoms with Crippen LogP contribution in [-0.4, -0.2) is 36.7 Å². The minimum Gasteiger partial charge on any atom is -0.378 e. The lowest BCUT2D eigenvalue weighted by Gasteiger charge is -2.37. The van der Waals surface area contributed by atoms with Crippen molar-refractivity contribution in [3.05, 3.63) is 13.2 Å². The minimum absolute atomic E-state index is 0.527. The van der Waals surface area contributed by atoms with Crippen LogP contribution in [0.4, 0.5) is 0 Å². The summed E-state index contributed by atoms with van der Waals surface area (Å²) in [6.45, 7) is 16.3. The van der Waals surface area contributed by atoms with E-state index in [2.05, 4.69) is 38.8 Å². The Morgan fingerprint density at radius 1 is 1.24 bits per heavy atom. The lowest BCUT2D eigenvalue weighted by molar-refractivity contribution is -0.0125. The van der Waals surface area contributed by atoms with Crippen LogP contribution < -0.4 is 0 Å². The number of likely N-dealkylation sites (tertiary alicyclic amines) is 1. The number of hydrogen-bond donors (Lipinski definition) is 0. The number of unbranched alkanes of at least 4 members (excludes halogenated alkanes) is 1. The Balaban J connectivity index is 0.00000121. The van der Waals surface area contributed by atoms with Gasteiger partial charge in [-0.2, -0.15) is 0 Å². The van der Waals surface area contributed by atoms with Gasteiger partial charge in [-0.1, -0.05) is 20.3 Å². The first-order valence-electron chi connectivity index (χ1n) is 7.13. The third-order valence-electron chi connectivity index (χ3n) is 3.33. The van der Waals surface area contributed by atoms with E-state index < -0.39 is 0 Å². The van der Waals surface area contributed by atoms with Gasteiger partial charge in [-0.05, 0) is 39.2 Å². The van der Waals surface area contributed by atoms with Crippen LogP contribution in [-0.2, 0) is 4.74 Å². The quantitative estimate of drug-likeness (QED) is 0.517. The second-order valence-corrected chi connectivity index (χ2v) is 4.76. The van der Waals surface area contributed by atoms with Gasteiger partial charge in [-0.25, -0.2) is 0 Å². The van der Waals surface area contributed by atoms with Crippen molar-refractivity contribution in [2.75, 3.05) is 19.7 Å². The summed E-state index contributed by atoms with van der Waals surface area (Å²) in [7, 11) is 0. The zero-order valence-electron chi connectivity index (χ0n) is 12.1. The molecule has 1 saturated heterocycles. The summed E-state index contributed by atoms with van der Waals surface area (Å²) in [5.74, 6) is 0. The van der Waals surface area contributed by atoms with Crippen LogP contribution in [0.2, 0.25) is 0 Å². The van der Waals surface area contributed by atoms with Crippen molar-refractivity contribution >= 4 is 0 Å². The molecular formula is C15H31NO. The van der Waals surface area contributed by atoms with E-state index in [0.29, 0.717) is 12.1 Å². The van der Waals surface area contributed by atoms with Gasteiger partial charge in [0.15, 0.2) is 0 Å². The number of nitrogens with zero attached hydrogens (tertiary/aromatic N) is 1. The van der Waals surface area contributed by atoms with Crippen LogP contribution in [0.25, 0.3) is 0 Å². The van der Waals surface area contributed by atoms with Gasteiger partial charge in [0, 0.05) is 19.2 Å². The van der Waals surface area contributed by atoms with E-state index in [1.165, 1.54) is 45.2 Å². The molecule has 1 aliphatic heterocycles. The highest BCUT2D eigenvalue weighted by atomic mass is 16.5. The molecule has 1 rings (SSSR count). The van der Waals surface area contributed by atoms with E-state index in [-0.39, 0.29) is 0 Å². The Morgan fingerprint density at radius 2 is 1.94 bits per heavy atom. The summed E-state index contributed by atoms with van der Waals surface area (Å²) in [4.78, 5) is 2.60. The zero-order valence-corrected chi connectivity index (χ0v) is 12.1. The van der Waals surface area contributed by atoms with Crippen molar-refractivity contribution in [3.63, 3.8) is 0 Å². The molecule has 1 aliphatic rings. The van der Waals surface area contributed by atoms with Crippen LogP contribution in [0.3, 0.4) is 0 Å². The lowest BCUT2D eigenvalue weighted by atomic mass is 10.0. The number of piperidine rings is 1. The van der Waals surface area contributed by atoms with Crippen molar-refractivity contribution in [2.45, 2.75) is 65.0 Å². The largest absolute Gasteiger partial charge is 0.378 e. The van der Waals surface area contributed by atoms with E-state index in [1.807, 2.05) is 0 Å². The standard InChI is InChI=1S/C13H27NO.C2H4/c1-4-6-10-15-13-7-9-14(8-5-2)12(3)11-13;1-2/h12-13H,4-11H2,1-3H3;1-2H2/t12-,13?;/m0./s1. The maximum Gasteiger partial charge on any atom is 0.0602 e. The Labute approximate surface area is 108 Å². The van der Waals surface area contributed by atoms with Crippen molar-refractivity contribution in [2.24, 2.45) is 0 Å². The van der Waals surface area contributed by atoms with Gasteiger partial charge < -0.3 is 9.64 Å². The second-order valence-electron chi connectivity index (χ2n) is 4.76. The van der Waals surface area contributed by atoms with Crippen molar-refractivity contribution in [1.29, 1.82) is 0 Å². The number of hydrogen-bond acceptors (Lipinski definition) is 2. The van der Waals surface area contributed by atoms with Gasteiger partial charge >= 0.3 is 0 Å². The van der Waals surface area contributed by atoms with E-state index in [0.717, 1.165) is 6.61 Å². The average molecular weight is 241 g/mol. The monoisotopic (exact) mass is 241 g/mol. The first-order chi connectivity index (χ1) is 8.27. The van der Waals surface area contributed by atoms with E-state index in [4.69, 9.17) is 4.74 Å². The third kappa shape index (κ3) is 6.85. The second kappa shape index (κ2) is 10.8. The molecule has 0 radical (unpaired) electrons. The van der Waals surface area contributed by atoms with Crippen LogP contribution in [0.5, 0.6) is 0 Å². The summed E-state index contributed by atoms with van der Waals surface area (Å²) in [5, 5.41) is 0. The predicted molar refractivity (Wildman–Crippen MR) is 76.5 cm³/mol. The molecule has 0 bridgehead atoms. The fourth-order valence-corrected chi connectivity index (χ4v) is 2.34. The molecule has 2 heteroatoms. The lowest BCUT2D eigenvalue weighted by Crippen LogP contribution is -2.43. The van der Waals surface area contributed by atoms with E-state index in [9.17, 15) is 0 Å². The molecule has 1 unspecified atom stereocenters. The Morgan fingerprint density at radius 3 is 2.47 bits per heavy atom. The van der Waals surface area contributed by atoms with Crippen LogP contribution >= 0.6 is 0 Å². The molecule has 0 aliphatic carbocycles. The maximum atomic E-state index is 5.89. The zero-order chi connectivity index (χ0) is 13.1. The molecule has 1 fully saturated rings. The molecule has 2 atom stereocenters. The molecule has 0 aromatic heterocycles.